The fourth-order valence-corrected chi connectivity index (χ4v) is 3.43. The summed E-state index contributed by atoms with van der Waals surface area (Å²) >= 11 is 0. The molecule has 1 fully saturated rings. The van der Waals surface area contributed by atoms with Gasteiger partial charge in [-0.1, -0.05) is 13.8 Å². The number of hydrogen-bond acceptors (Lipinski definition) is 2. The molecule has 1 aliphatic carbocycles. The number of halogens is 1. The van der Waals surface area contributed by atoms with Crippen LogP contribution < -0.4 is 0 Å². The first-order chi connectivity index (χ1) is 9.75. The Morgan fingerprint density at radius 2 is 2.10 bits per heavy atom. The van der Waals surface area contributed by atoms with Gasteiger partial charge >= 0.3 is 5.97 Å². The second kappa shape index (κ2) is 4.29. The van der Waals surface area contributed by atoms with E-state index >= 15 is 0 Å². The molecule has 0 bridgehead atoms. The third-order valence-electron chi connectivity index (χ3n) is 4.57. The van der Waals surface area contributed by atoms with E-state index in [1.165, 1.54) is 12.1 Å². The molecular weight excluding hydrogens is 271 g/mol. The molecule has 0 spiro atoms. The van der Waals surface area contributed by atoms with Crippen molar-refractivity contribution in [1.29, 1.82) is 0 Å². The van der Waals surface area contributed by atoms with Crippen LogP contribution in [0.15, 0.2) is 18.2 Å². The van der Waals surface area contributed by atoms with Crippen molar-refractivity contribution in [2.75, 3.05) is 0 Å². The highest BCUT2D eigenvalue weighted by Crippen LogP contribution is 2.64. The molecule has 1 saturated carbocycles. The standard InChI is InChI=1S/C16H19FN2O2/c1-8(2)19-11-6-5-9(17)7-10(11)18-14(19)12-13(15(20)21)16(12,3)4/h5-8,12-13H,1-4H3,(H,20,21). The number of carboxylic acids is 1. The van der Waals surface area contributed by atoms with Crippen LogP contribution in [0.3, 0.4) is 0 Å². The van der Waals surface area contributed by atoms with Gasteiger partial charge in [0.15, 0.2) is 0 Å². The highest BCUT2D eigenvalue weighted by atomic mass is 19.1. The Kier molecular flexibility index (Phi) is 2.87. The lowest BCUT2D eigenvalue weighted by Crippen LogP contribution is -2.08. The van der Waals surface area contributed by atoms with E-state index in [0.717, 1.165) is 11.3 Å². The maximum atomic E-state index is 13.4. The largest absolute Gasteiger partial charge is 0.481 e. The zero-order chi connectivity index (χ0) is 15.5. The van der Waals surface area contributed by atoms with E-state index in [2.05, 4.69) is 4.98 Å². The lowest BCUT2D eigenvalue weighted by atomic mass is 10.1. The minimum Gasteiger partial charge on any atom is -0.481 e. The molecule has 112 valence electrons. The quantitative estimate of drug-likeness (QED) is 0.940. The maximum absolute atomic E-state index is 13.4. The molecule has 5 heteroatoms. The summed E-state index contributed by atoms with van der Waals surface area (Å²) in [6.45, 7) is 7.94. The highest BCUT2D eigenvalue weighted by Gasteiger charge is 2.64. The van der Waals surface area contributed by atoms with E-state index in [1.54, 1.807) is 6.07 Å². The summed E-state index contributed by atoms with van der Waals surface area (Å²) in [6.07, 6.45) is 0. The molecule has 0 saturated heterocycles. The van der Waals surface area contributed by atoms with Crippen molar-refractivity contribution in [3.05, 3.63) is 29.8 Å². The molecule has 2 unspecified atom stereocenters. The van der Waals surface area contributed by atoms with Crippen molar-refractivity contribution in [2.24, 2.45) is 11.3 Å². The predicted octanol–water partition coefficient (Wildman–Crippen LogP) is 3.58. The van der Waals surface area contributed by atoms with Crippen LogP contribution in [-0.4, -0.2) is 20.6 Å². The van der Waals surface area contributed by atoms with Crippen molar-refractivity contribution < 1.29 is 14.3 Å². The lowest BCUT2D eigenvalue weighted by molar-refractivity contribution is -0.139. The molecule has 1 aliphatic rings. The second-order valence-corrected chi connectivity index (χ2v) is 6.68. The lowest BCUT2D eigenvalue weighted by Gasteiger charge is -2.13. The van der Waals surface area contributed by atoms with Gasteiger partial charge in [-0.25, -0.2) is 9.37 Å². The van der Waals surface area contributed by atoms with Gasteiger partial charge in [-0.3, -0.25) is 4.79 Å². The van der Waals surface area contributed by atoms with E-state index < -0.39 is 11.9 Å². The van der Waals surface area contributed by atoms with Gasteiger partial charge < -0.3 is 9.67 Å². The number of hydrogen-bond donors (Lipinski definition) is 1. The van der Waals surface area contributed by atoms with Crippen molar-refractivity contribution in [3.63, 3.8) is 0 Å². The highest BCUT2D eigenvalue weighted by molar-refractivity contribution is 5.80. The fraction of sp³-hybridized carbons (Fsp3) is 0.500. The Morgan fingerprint density at radius 1 is 1.43 bits per heavy atom. The van der Waals surface area contributed by atoms with Crippen LogP contribution in [0.4, 0.5) is 4.39 Å². The van der Waals surface area contributed by atoms with Crippen LogP contribution in [-0.2, 0) is 4.79 Å². The molecule has 21 heavy (non-hydrogen) atoms. The number of aromatic nitrogens is 2. The number of imidazole rings is 1. The third kappa shape index (κ3) is 1.94. The molecule has 4 nitrogen and oxygen atoms in total. The Labute approximate surface area is 122 Å². The smallest absolute Gasteiger partial charge is 0.307 e. The van der Waals surface area contributed by atoms with Crippen molar-refractivity contribution in [2.45, 2.75) is 39.7 Å². The number of benzene rings is 1. The van der Waals surface area contributed by atoms with Gasteiger partial charge in [0.1, 0.15) is 11.6 Å². The number of nitrogens with zero attached hydrogens (tertiary/aromatic N) is 2. The predicted molar refractivity (Wildman–Crippen MR) is 77.7 cm³/mol. The Morgan fingerprint density at radius 3 is 2.62 bits per heavy atom. The normalized spacial score (nSPS) is 23.7. The SMILES string of the molecule is CC(C)n1c(C2C(C(=O)O)C2(C)C)nc2cc(F)ccc21. The Hall–Kier alpha value is -1.91. The molecular formula is C16H19FN2O2. The van der Waals surface area contributed by atoms with Gasteiger partial charge in [-0.2, -0.15) is 0 Å². The summed E-state index contributed by atoms with van der Waals surface area (Å²) < 4.78 is 15.4. The van der Waals surface area contributed by atoms with Crippen LogP contribution in [0.5, 0.6) is 0 Å². The van der Waals surface area contributed by atoms with Gasteiger partial charge in [0.2, 0.25) is 0 Å². The van der Waals surface area contributed by atoms with Gasteiger partial charge in [0.25, 0.3) is 0 Å². The summed E-state index contributed by atoms with van der Waals surface area (Å²) in [4.78, 5) is 16.0. The van der Waals surface area contributed by atoms with Crippen molar-refractivity contribution in [3.8, 4) is 0 Å². The van der Waals surface area contributed by atoms with Gasteiger partial charge in [0, 0.05) is 18.0 Å². The summed E-state index contributed by atoms with van der Waals surface area (Å²) in [5.74, 6) is -0.932. The van der Waals surface area contributed by atoms with Crippen molar-refractivity contribution in [1.82, 2.24) is 9.55 Å². The van der Waals surface area contributed by atoms with Crippen molar-refractivity contribution >= 4 is 17.0 Å². The Bertz CT molecular complexity index is 733. The van der Waals surface area contributed by atoms with E-state index in [-0.39, 0.29) is 23.2 Å². The topological polar surface area (TPSA) is 55.1 Å². The molecule has 2 aromatic rings. The first-order valence-corrected chi connectivity index (χ1v) is 7.15. The molecule has 1 heterocycles. The molecule has 2 atom stereocenters. The van der Waals surface area contributed by atoms with Crippen LogP contribution in [0, 0.1) is 17.2 Å². The molecule has 0 aliphatic heterocycles. The van der Waals surface area contributed by atoms with Crippen LogP contribution in [0.2, 0.25) is 0 Å². The molecule has 3 rings (SSSR count). The fourth-order valence-electron chi connectivity index (χ4n) is 3.43. The average molecular weight is 290 g/mol. The van der Waals surface area contributed by atoms with E-state index in [4.69, 9.17) is 0 Å². The Balaban J connectivity index is 2.19. The third-order valence-corrected chi connectivity index (χ3v) is 4.57. The second-order valence-electron chi connectivity index (χ2n) is 6.68. The molecule has 1 aromatic heterocycles. The van der Waals surface area contributed by atoms with E-state index in [9.17, 15) is 14.3 Å². The van der Waals surface area contributed by atoms with Gasteiger partial charge in [0.05, 0.1) is 17.0 Å². The number of carboxylic acid groups (broad SMARTS) is 1. The maximum Gasteiger partial charge on any atom is 0.307 e. The van der Waals surface area contributed by atoms with Crippen LogP contribution in [0.1, 0.15) is 45.5 Å². The monoisotopic (exact) mass is 290 g/mol. The summed E-state index contributed by atoms with van der Waals surface area (Å²) in [5, 5.41) is 9.37. The number of fused-ring (bicyclic) bond motifs is 1. The number of aliphatic carboxylic acids is 1. The van der Waals surface area contributed by atoms with E-state index in [0.29, 0.717) is 5.52 Å². The summed E-state index contributed by atoms with van der Waals surface area (Å²) in [7, 11) is 0. The zero-order valence-electron chi connectivity index (χ0n) is 12.6. The molecule has 0 amide bonds. The number of rotatable bonds is 3. The molecule has 1 N–H and O–H groups in total. The first kappa shape index (κ1) is 14.0. The minimum atomic E-state index is -0.793. The average Bonchev–Trinajstić information content (AvgIpc) is 2.76. The van der Waals surface area contributed by atoms with Crippen LogP contribution >= 0.6 is 0 Å². The number of carbonyl (C=O) groups is 1. The van der Waals surface area contributed by atoms with E-state index in [1.807, 2.05) is 32.3 Å². The minimum absolute atomic E-state index is 0.132. The first-order valence-electron chi connectivity index (χ1n) is 7.15. The zero-order valence-corrected chi connectivity index (χ0v) is 12.6. The summed E-state index contributed by atoms with van der Waals surface area (Å²) in [5.41, 5.74) is 1.12. The van der Waals surface area contributed by atoms with Gasteiger partial charge in [-0.05, 0) is 31.4 Å². The molecule has 0 radical (unpaired) electrons. The molecule has 1 aromatic carbocycles. The summed E-state index contributed by atoms with van der Waals surface area (Å²) in [6, 6.07) is 4.68. The van der Waals surface area contributed by atoms with Crippen LogP contribution in [0.25, 0.3) is 11.0 Å². The van der Waals surface area contributed by atoms with Gasteiger partial charge in [-0.15, -0.1) is 0 Å².